The quantitative estimate of drug-likeness (QED) is 0.679. The Bertz CT molecular complexity index is 427. The average Bonchev–Trinajstić information content (AvgIpc) is 2.49. The molecule has 0 aliphatic carbocycles. The van der Waals surface area contributed by atoms with Crippen molar-refractivity contribution < 1.29 is 29.3 Å². The van der Waals surface area contributed by atoms with E-state index in [0.29, 0.717) is 0 Å². The summed E-state index contributed by atoms with van der Waals surface area (Å²) in [7, 11) is 1.67. The summed E-state index contributed by atoms with van der Waals surface area (Å²) < 4.78 is 10.7. The van der Waals surface area contributed by atoms with Gasteiger partial charge in [-0.25, -0.2) is 9.59 Å². The molecule has 7 heteroatoms. The lowest BCUT2D eigenvalue weighted by molar-refractivity contribution is -0.159. The monoisotopic (exact) mass is 283 g/mol. The van der Waals surface area contributed by atoms with Crippen LogP contribution in [0.3, 0.4) is 0 Å². The zero-order valence-electron chi connectivity index (χ0n) is 11.0. The first-order valence-corrected chi connectivity index (χ1v) is 5.97. The third-order valence-electron chi connectivity index (χ3n) is 2.60. The molecule has 1 aromatic carbocycles. The van der Waals surface area contributed by atoms with E-state index >= 15 is 0 Å². The number of carboxylic acid groups (broad SMARTS) is 2. The molecule has 1 unspecified atom stereocenters. The molecule has 1 atom stereocenters. The molecule has 1 aromatic rings. The molecule has 1 aliphatic rings. The van der Waals surface area contributed by atoms with E-state index in [1.807, 2.05) is 12.1 Å². The minimum atomic E-state index is -1.82. The Morgan fingerprint density at radius 2 is 1.85 bits per heavy atom. The second kappa shape index (κ2) is 8.13. The van der Waals surface area contributed by atoms with E-state index in [1.54, 1.807) is 7.11 Å². The zero-order valence-corrected chi connectivity index (χ0v) is 11.0. The number of rotatable bonds is 2. The average molecular weight is 283 g/mol. The van der Waals surface area contributed by atoms with Crippen LogP contribution in [0.4, 0.5) is 0 Å². The molecular formula is C13H17NO6. The van der Waals surface area contributed by atoms with Crippen molar-refractivity contribution in [1.82, 2.24) is 5.32 Å². The fourth-order valence-corrected chi connectivity index (χ4v) is 1.60. The van der Waals surface area contributed by atoms with Crippen LogP contribution in [-0.2, 0) is 14.3 Å². The maximum Gasteiger partial charge on any atom is 0.414 e. The van der Waals surface area contributed by atoms with Crippen LogP contribution in [-0.4, -0.2) is 49.0 Å². The van der Waals surface area contributed by atoms with Crippen molar-refractivity contribution in [2.75, 3.05) is 26.8 Å². The number of benzene rings is 1. The van der Waals surface area contributed by atoms with Gasteiger partial charge in [0.2, 0.25) is 0 Å². The number of hydrogen-bond acceptors (Lipinski definition) is 5. The van der Waals surface area contributed by atoms with Crippen LogP contribution in [0.15, 0.2) is 24.3 Å². The van der Waals surface area contributed by atoms with Crippen LogP contribution < -0.4 is 10.1 Å². The number of ether oxygens (including phenoxy) is 2. The highest BCUT2D eigenvalue weighted by Crippen LogP contribution is 2.21. The Morgan fingerprint density at radius 1 is 1.25 bits per heavy atom. The van der Waals surface area contributed by atoms with Gasteiger partial charge in [0.05, 0.1) is 19.8 Å². The van der Waals surface area contributed by atoms with Crippen LogP contribution in [0.2, 0.25) is 0 Å². The van der Waals surface area contributed by atoms with E-state index in [0.717, 1.165) is 25.4 Å². The summed E-state index contributed by atoms with van der Waals surface area (Å²) in [5.74, 6) is -2.76. The summed E-state index contributed by atoms with van der Waals surface area (Å²) in [6, 6.07) is 8.04. The largest absolute Gasteiger partial charge is 0.497 e. The second-order valence-corrected chi connectivity index (χ2v) is 3.95. The highest BCUT2D eigenvalue weighted by Gasteiger charge is 2.14. The Labute approximate surface area is 116 Å². The number of carbonyl (C=O) groups is 2. The molecule has 1 heterocycles. The second-order valence-electron chi connectivity index (χ2n) is 3.95. The van der Waals surface area contributed by atoms with Crippen LogP contribution in [0.25, 0.3) is 0 Å². The molecule has 2 rings (SSSR count). The topological polar surface area (TPSA) is 105 Å². The Hall–Kier alpha value is -2.12. The molecule has 1 fully saturated rings. The van der Waals surface area contributed by atoms with Crippen molar-refractivity contribution >= 4 is 11.9 Å². The van der Waals surface area contributed by atoms with Crippen molar-refractivity contribution in [2.24, 2.45) is 0 Å². The predicted octanol–water partition coefficient (Wildman–Crippen LogP) is 0.512. The molecule has 0 aromatic heterocycles. The molecule has 1 saturated heterocycles. The number of hydrogen-bond donors (Lipinski definition) is 3. The summed E-state index contributed by atoms with van der Waals surface area (Å²) in [5.41, 5.74) is 1.21. The van der Waals surface area contributed by atoms with Crippen molar-refractivity contribution in [3.63, 3.8) is 0 Å². The molecule has 110 valence electrons. The number of morpholine rings is 1. The van der Waals surface area contributed by atoms with Gasteiger partial charge < -0.3 is 25.0 Å². The summed E-state index contributed by atoms with van der Waals surface area (Å²) in [5, 5.41) is 18.1. The van der Waals surface area contributed by atoms with Crippen LogP contribution in [0.5, 0.6) is 5.75 Å². The number of methoxy groups -OCH3 is 1. The third kappa shape index (κ3) is 5.25. The highest BCUT2D eigenvalue weighted by atomic mass is 16.5. The molecule has 0 spiro atoms. The number of nitrogens with one attached hydrogen (secondary N) is 1. The lowest BCUT2D eigenvalue weighted by Crippen LogP contribution is -2.33. The molecular weight excluding hydrogens is 266 g/mol. The normalized spacial score (nSPS) is 17.6. The smallest absolute Gasteiger partial charge is 0.414 e. The van der Waals surface area contributed by atoms with Gasteiger partial charge in [0.15, 0.2) is 0 Å². The minimum Gasteiger partial charge on any atom is -0.497 e. The molecule has 7 nitrogen and oxygen atoms in total. The lowest BCUT2D eigenvalue weighted by Gasteiger charge is -2.23. The SMILES string of the molecule is COc1ccc(C2CNCCO2)cc1.O=C(O)C(=O)O. The van der Waals surface area contributed by atoms with E-state index in [1.165, 1.54) is 5.56 Å². The minimum absolute atomic E-state index is 0.189. The maximum absolute atomic E-state index is 9.10. The van der Waals surface area contributed by atoms with Gasteiger partial charge in [0.25, 0.3) is 0 Å². The Morgan fingerprint density at radius 3 is 2.25 bits per heavy atom. The van der Waals surface area contributed by atoms with E-state index in [-0.39, 0.29) is 6.10 Å². The summed E-state index contributed by atoms with van der Waals surface area (Å²) in [4.78, 5) is 18.2. The van der Waals surface area contributed by atoms with E-state index in [4.69, 9.17) is 29.3 Å². The van der Waals surface area contributed by atoms with Gasteiger partial charge in [-0.3, -0.25) is 0 Å². The summed E-state index contributed by atoms with van der Waals surface area (Å²) in [6.07, 6.45) is 0.189. The number of aliphatic carboxylic acids is 2. The van der Waals surface area contributed by atoms with Gasteiger partial charge in [-0.15, -0.1) is 0 Å². The predicted molar refractivity (Wildman–Crippen MR) is 69.8 cm³/mol. The Balaban J connectivity index is 0.000000286. The van der Waals surface area contributed by atoms with E-state index < -0.39 is 11.9 Å². The van der Waals surface area contributed by atoms with Gasteiger partial charge in [0.1, 0.15) is 5.75 Å². The van der Waals surface area contributed by atoms with Crippen molar-refractivity contribution in [3.05, 3.63) is 29.8 Å². The van der Waals surface area contributed by atoms with E-state index in [2.05, 4.69) is 17.4 Å². The van der Waals surface area contributed by atoms with Crippen LogP contribution in [0.1, 0.15) is 11.7 Å². The molecule has 0 amide bonds. The van der Waals surface area contributed by atoms with Gasteiger partial charge in [-0.1, -0.05) is 12.1 Å². The molecule has 3 N–H and O–H groups in total. The van der Waals surface area contributed by atoms with Crippen molar-refractivity contribution in [2.45, 2.75) is 6.10 Å². The van der Waals surface area contributed by atoms with Crippen molar-refractivity contribution in [3.8, 4) is 5.75 Å². The number of carboxylic acids is 2. The fourth-order valence-electron chi connectivity index (χ4n) is 1.60. The summed E-state index contributed by atoms with van der Waals surface area (Å²) in [6.45, 7) is 2.63. The van der Waals surface area contributed by atoms with Gasteiger partial charge in [-0.2, -0.15) is 0 Å². The maximum atomic E-state index is 9.10. The van der Waals surface area contributed by atoms with Crippen LogP contribution in [0, 0.1) is 0 Å². The zero-order chi connectivity index (χ0) is 15.0. The van der Waals surface area contributed by atoms with E-state index in [9.17, 15) is 0 Å². The van der Waals surface area contributed by atoms with Gasteiger partial charge in [-0.05, 0) is 17.7 Å². The molecule has 1 aliphatic heterocycles. The molecule has 0 saturated carbocycles. The lowest BCUT2D eigenvalue weighted by atomic mass is 10.1. The third-order valence-corrected chi connectivity index (χ3v) is 2.60. The van der Waals surface area contributed by atoms with Crippen molar-refractivity contribution in [1.29, 1.82) is 0 Å². The first kappa shape index (κ1) is 15.9. The fraction of sp³-hybridized carbons (Fsp3) is 0.385. The highest BCUT2D eigenvalue weighted by molar-refractivity contribution is 6.27. The van der Waals surface area contributed by atoms with Gasteiger partial charge >= 0.3 is 11.9 Å². The molecule has 0 radical (unpaired) electrons. The van der Waals surface area contributed by atoms with Gasteiger partial charge in [0, 0.05) is 13.1 Å². The first-order valence-electron chi connectivity index (χ1n) is 5.97. The molecule has 20 heavy (non-hydrogen) atoms. The summed E-state index contributed by atoms with van der Waals surface area (Å²) >= 11 is 0. The Kier molecular flexibility index (Phi) is 6.48. The molecule has 0 bridgehead atoms. The standard InChI is InChI=1S/C11H15NO2.C2H2O4/c1-13-10-4-2-9(3-5-10)11-8-12-6-7-14-11;3-1(4)2(5)6/h2-5,11-12H,6-8H2,1H3;(H,3,4)(H,5,6). The first-order chi connectivity index (χ1) is 9.54. The van der Waals surface area contributed by atoms with Crippen LogP contribution >= 0.6 is 0 Å².